The van der Waals surface area contributed by atoms with Gasteiger partial charge in [-0.3, -0.25) is 9.69 Å². The molecule has 2 aromatic heterocycles. The zero-order valence-corrected chi connectivity index (χ0v) is 26.2. The molecule has 2 atom stereocenters. The van der Waals surface area contributed by atoms with E-state index in [1.807, 2.05) is 11.0 Å². The van der Waals surface area contributed by atoms with E-state index in [0.29, 0.717) is 62.0 Å². The average Bonchev–Trinajstić information content (AvgIpc) is 3.50. The van der Waals surface area contributed by atoms with E-state index in [2.05, 4.69) is 47.3 Å². The van der Waals surface area contributed by atoms with Crippen LogP contribution in [0.1, 0.15) is 69.7 Å². The second-order valence-electron chi connectivity index (χ2n) is 12.4. The number of amides is 3. The van der Waals surface area contributed by atoms with Crippen LogP contribution >= 0.6 is 0 Å². The standard InChI is InChI=1S/C31H43N7O4S/c1-5-9-22(6-2)15-17-36-18-19-37(30(36)40)26-14-13-24-28(34-26)38-21-23(20-31(38,3)4)10-8-16-32-25-11-7-12-27(33-25)43(41,42)35-29(24)39/h5,7,11-14,22-23H,1,6,8-10,15-21H2,2-4H3,(H,32,33)(H,35,39)/t22?,23-/m0/s1. The summed E-state index contributed by atoms with van der Waals surface area (Å²) in [5.41, 5.74) is -0.189. The Morgan fingerprint density at radius 3 is 2.74 bits per heavy atom. The van der Waals surface area contributed by atoms with Crippen molar-refractivity contribution in [3.05, 3.63) is 48.6 Å². The van der Waals surface area contributed by atoms with Crippen molar-refractivity contribution in [2.24, 2.45) is 11.8 Å². The van der Waals surface area contributed by atoms with Crippen LogP contribution in [-0.4, -0.2) is 73.5 Å². The molecule has 5 rings (SSSR count). The lowest BCUT2D eigenvalue weighted by Gasteiger charge is -2.34. The predicted octanol–water partition coefficient (Wildman–Crippen LogP) is 4.64. The van der Waals surface area contributed by atoms with Crippen LogP contribution in [0.15, 0.2) is 48.0 Å². The second kappa shape index (κ2) is 12.5. The molecule has 5 heterocycles. The summed E-state index contributed by atoms with van der Waals surface area (Å²) in [7, 11) is -4.25. The smallest absolute Gasteiger partial charge is 0.325 e. The van der Waals surface area contributed by atoms with E-state index in [1.54, 1.807) is 29.2 Å². The maximum absolute atomic E-state index is 13.6. The zero-order chi connectivity index (χ0) is 30.8. The fraction of sp³-hybridized carbons (Fsp3) is 0.548. The molecule has 0 aromatic carbocycles. The molecule has 0 radical (unpaired) electrons. The molecule has 0 spiro atoms. The molecule has 0 saturated carbocycles. The Hall–Kier alpha value is -3.67. The number of nitrogens with one attached hydrogen (secondary N) is 2. The van der Waals surface area contributed by atoms with E-state index in [1.165, 1.54) is 6.07 Å². The van der Waals surface area contributed by atoms with E-state index < -0.39 is 15.9 Å². The van der Waals surface area contributed by atoms with Gasteiger partial charge in [0.25, 0.3) is 15.9 Å². The van der Waals surface area contributed by atoms with Gasteiger partial charge in [-0.25, -0.2) is 19.5 Å². The highest BCUT2D eigenvalue weighted by atomic mass is 32.2. The topological polar surface area (TPSA) is 128 Å². The molecular weight excluding hydrogens is 566 g/mol. The summed E-state index contributed by atoms with van der Waals surface area (Å²) >= 11 is 0. The summed E-state index contributed by atoms with van der Waals surface area (Å²) in [6, 6.07) is 7.79. The number of sulfonamides is 1. The number of hydrogen-bond donors (Lipinski definition) is 2. The Labute approximate surface area is 254 Å². The average molecular weight is 610 g/mol. The van der Waals surface area contributed by atoms with E-state index >= 15 is 0 Å². The third kappa shape index (κ3) is 6.63. The zero-order valence-electron chi connectivity index (χ0n) is 25.4. The van der Waals surface area contributed by atoms with Crippen molar-refractivity contribution < 1.29 is 18.0 Å². The molecular formula is C31H43N7O4S. The maximum Gasteiger partial charge on any atom is 0.325 e. The molecule has 2 aromatic rings. The van der Waals surface area contributed by atoms with Gasteiger partial charge in [0.1, 0.15) is 17.5 Å². The SMILES string of the molecule is C=CCC(CC)CCN1CCN(c2ccc3c(n2)N2C[C@@H](CCCNc4cccc(n4)S(=O)(=O)NC3=O)CC2(C)C)C1=O. The molecule has 2 N–H and O–H groups in total. The first-order chi connectivity index (χ1) is 20.5. The lowest BCUT2D eigenvalue weighted by Crippen LogP contribution is -2.41. The Morgan fingerprint density at radius 2 is 1.98 bits per heavy atom. The van der Waals surface area contributed by atoms with Gasteiger partial charge in [0, 0.05) is 38.3 Å². The summed E-state index contributed by atoms with van der Waals surface area (Å²) in [5.74, 6) is 1.34. The van der Waals surface area contributed by atoms with Gasteiger partial charge in [0.15, 0.2) is 5.03 Å². The van der Waals surface area contributed by atoms with Crippen molar-refractivity contribution in [1.29, 1.82) is 0 Å². The Kier molecular flexibility index (Phi) is 8.96. The monoisotopic (exact) mass is 609 g/mol. The number of aromatic nitrogens is 2. The largest absolute Gasteiger partial charge is 0.370 e. The van der Waals surface area contributed by atoms with Crippen molar-refractivity contribution in [2.45, 2.75) is 69.9 Å². The van der Waals surface area contributed by atoms with Crippen LogP contribution < -0.4 is 19.8 Å². The number of rotatable bonds is 7. The summed E-state index contributed by atoms with van der Waals surface area (Å²) in [6.45, 7) is 13.3. The minimum atomic E-state index is -4.25. The van der Waals surface area contributed by atoms with Gasteiger partial charge in [0.05, 0.1) is 5.56 Å². The Morgan fingerprint density at radius 1 is 1.16 bits per heavy atom. The normalized spacial score (nSPS) is 22.2. The molecule has 3 aliphatic rings. The minimum absolute atomic E-state index is 0.109. The quantitative estimate of drug-likeness (QED) is 0.435. The summed E-state index contributed by atoms with van der Waals surface area (Å²) < 4.78 is 28.6. The number of carbonyl (C=O) groups excluding carboxylic acids is 2. The van der Waals surface area contributed by atoms with Crippen molar-refractivity contribution in [2.75, 3.05) is 47.8 Å². The van der Waals surface area contributed by atoms with E-state index in [9.17, 15) is 18.0 Å². The molecule has 4 bridgehead atoms. The lowest BCUT2D eigenvalue weighted by atomic mass is 9.93. The van der Waals surface area contributed by atoms with Crippen molar-refractivity contribution >= 4 is 39.4 Å². The molecule has 43 heavy (non-hydrogen) atoms. The van der Waals surface area contributed by atoms with Gasteiger partial charge in [-0.05, 0) is 82.1 Å². The van der Waals surface area contributed by atoms with Crippen molar-refractivity contribution in [3.63, 3.8) is 0 Å². The number of nitrogens with zero attached hydrogens (tertiary/aromatic N) is 5. The number of carbonyl (C=O) groups is 2. The maximum atomic E-state index is 13.6. The molecule has 2 saturated heterocycles. The highest BCUT2D eigenvalue weighted by Gasteiger charge is 2.41. The third-order valence-electron chi connectivity index (χ3n) is 8.90. The molecule has 2 fully saturated rings. The Bertz CT molecular complexity index is 1480. The molecule has 11 nitrogen and oxygen atoms in total. The highest BCUT2D eigenvalue weighted by Crippen LogP contribution is 2.40. The van der Waals surface area contributed by atoms with Crippen LogP contribution in [0.5, 0.6) is 0 Å². The van der Waals surface area contributed by atoms with Crippen molar-refractivity contribution in [3.8, 4) is 0 Å². The molecule has 232 valence electrons. The van der Waals surface area contributed by atoms with E-state index in [4.69, 9.17) is 4.98 Å². The third-order valence-corrected chi connectivity index (χ3v) is 10.1. The first-order valence-corrected chi connectivity index (χ1v) is 16.7. The fourth-order valence-electron chi connectivity index (χ4n) is 6.49. The first-order valence-electron chi connectivity index (χ1n) is 15.3. The van der Waals surface area contributed by atoms with Crippen LogP contribution in [0.3, 0.4) is 0 Å². The molecule has 0 aliphatic carbocycles. The molecule has 12 heteroatoms. The van der Waals surface area contributed by atoms with Gasteiger partial charge in [-0.2, -0.15) is 8.42 Å². The molecule has 3 aliphatic heterocycles. The lowest BCUT2D eigenvalue weighted by molar-refractivity contribution is 0.0981. The summed E-state index contributed by atoms with van der Waals surface area (Å²) in [6.07, 6.45) is 7.54. The van der Waals surface area contributed by atoms with E-state index in [-0.39, 0.29) is 22.2 Å². The number of pyridine rings is 2. The van der Waals surface area contributed by atoms with Gasteiger partial charge in [0.2, 0.25) is 0 Å². The van der Waals surface area contributed by atoms with Crippen LogP contribution in [0.4, 0.5) is 22.2 Å². The molecule has 1 unspecified atom stereocenters. The van der Waals surface area contributed by atoms with Crippen LogP contribution in [-0.2, 0) is 10.0 Å². The van der Waals surface area contributed by atoms with Crippen LogP contribution in [0, 0.1) is 11.8 Å². The van der Waals surface area contributed by atoms with Gasteiger partial charge in [-0.15, -0.1) is 6.58 Å². The summed E-state index contributed by atoms with van der Waals surface area (Å²) in [5, 5.41) is 2.97. The van der Waals surface area contributed by atoms with Crippen LogP contribution in [0.2, 0.25) is 0 Å². The fourth-order valence-corrected chi connectivity index (χ4v) is 7.42. The highest BCUT2D eigenvalue weighted by molar-refractivity contribution is 7.90. The van der Waals surface area contributed by atoms with Gasteiger partial charge in [-0.1, -0.05) is 25.5 Å². The van der Waals surface area contributed by atoms with Crippen molar-refractivity contribution in [1.82, 2.24) is 19.6 Å². The Balaban J connectivity index is 1.47. The van der Waals surface area contributed by atoms with E-state index in [0.717, 1.165) is 38.5 Å². The number of allylic oxidation sites excluding steroid dienone is 1. The second-order valence-corrected chi connectivity index (χ2v) is 14.0. The number of anilines is 3. The predicted molar refractivity (Wildman–Crippen MR) is 168 cm³/mol. The number of fused-ring (bicyclic) bond motifs is 6. The number of hydrogen-bond acceptors (Lipinski definition) is 8. The number of urea groups is 1. The minimum Gasteiger partial charge on any atom is -0.370 e. The summed E-state index contributed by atoms with van der Waals surface area (Å²) in [4.78, 5) is 41.8. The first kappa shape index (κ1) is 30.8. The van der Waals surface area contributed by atoms with Gasteiger partial charge >= 0.3 is 6.03 Å². The molecule has 3 amide bonds. The van der Waals surface area contributed by atoms with Crippen LogP contribution in [0.25, 0.3) is 0 Å². The van der Waals surface area contributed by atoms with Gasteiger partial charge < -0.3 is 15.1 Å².